The largest absolute Gasteiger partial charge is 0.480 e. The molecule has 0 rings (SSSR count). The monoisotopic (exact) mass is 260 g/mol. The lowest BCUT2D eigenvalue weighted by molar-refractivity contribution is -0.140. The van der Waals surface area contributed by atoms with Crippen molar-refractivity contribution < 1.29 is 15.0 Å². The maximum atomic E-state index is 10.8. The van der Waals surface area contributed by atoms with Gasteiger partial charge in [-0.15, -0.1) is 0 Å². The third kappa shape index (κ3) is 8.44. The SMILES string of the molecule is CCCN(CCC)CCCC[C@H](NCO)C(=O)O. The van der Waals surface area contributed by atoms with Gasteiger partial charge in [-0.2, -0.15) is 0 Å². The van der Waals surface area contributed by atoms with E-state index >= 15 is 0 Å². The van der Waals surface area contributed by atoms with E-state index in [4.69, 9.17) is 10.2 Å². The molecule has 0 heterocycles. The van der Waals surface area contributed by atoms with E-state index in [0.29, 0.717) is 6.42 Å². The summed E-state index contributed by atoms with van der Waals surface area (Å²) >= 11 is 0. The van der Waals surface area contributed by atoms with E-state index < -0.39 is 12.0 Å². The van der Waals surface area contributed by atoms with E-state index in [1.54, 1.807) is 0 Å². The van der Waals surface area contributed by atoms with E-state index in [0.717, 1.165) is 45.3 Å². The second kappa shape index (κ2) is 11.4. The highest BCUT2D eigenvalue weighted by Crippen LogP contribution is 2.04. The number of nitrogens with zero attached hydrogens (tertiary/aromatic N) is 1. The maximum absolute atomic E-state index is 10.8. The van der Waals surface area contributed by atoms with E-state index in [-0.39, 0.29) is 6.73 Å². The van der Waals surface area contributed by atoms with Crippen LogP contribution in [0.4, 0.5) is 0 Å². The van der Waals surface area contributed by atoms with Crippen molar-refractivity contribution in [1.29, 1.82) is 0 Å². The molecule has 0 saturated carbocycles. The van der Waals surface area contributed by atoms with Gasteiger partial charge in [-0.05, 0) is 45.3 Å². The smallest absolute Gasteiger partial charge is 0.320 e. The molecule has 0 unspecified atom stereocenters. The number of rotatable bonds is 12. The van der Waals surface area contributed by atoms with Gasteiger partial charge >= 0.3 is 5.97 Å². The van der Waals surface area contributed by atoms with Gasteiger partial charge in [0.2, 0.25) is 0 Å². The number of aliphatic hydroxyl groups is 1. The summed E-state index contributed by atoms with van der Waals surface area (Å²) in [6.07, 6.45) is 4.76. The van der Waals surface area contributed by atoms with Crippen molar-refractivity contribution in [2.24, 2.45) is 0 Å². The fraction of sp³-hybridized carbons (Fsp3) is 0.923. The summed E-state index contributed by atoms with van der Waals surface area (Å²) in [6, 6.07) is -0.624. The summed E-state index contributed by atoms with van der Waals surface area (Å²) in [5, 5.41) is 20.1. The van der Waals surface area contributed by atoms with Crippen molar-refractivity contribution in [1.82, 2.24) is 10.2 Å². The zero-order valence-electron chi connectivity index (χ0n) is 11.7. The lowest BCUT2D eigenvalue weighted by Gasteiger charge is -2.21. The molecule has 0 aromatic carbocycles. The molecule has 5 nitrogen and oxygen atoms in total. The average molecular weight is 260 g/mol. The van der Waals surface area contributed by atoms with Crippen LogP contribution >= 0.6 is 0 Å². The summed E-state index contributed by atoms with van der Waals surface area (Å²) in [5.41, 5.74) is 0. The van der Waals surface area contributed by atoms with E-state index in [1.165, 1.54) is 0 Å². The zero-order chi connectivity index (χ0) is 13.8. The van der Waals surface area contributed by atoms with E-state index in [2.05, 4.69) is 24.1 Å². The Morgan fingerprint density at radius 2 is 1.78 bits per heavy atom. The highest BCUT2D eigenvalue weighted by molar-refractivity contribution is 5.73. The molecule has 0 spiro atoms. The fourth-order valence-electron chi connectivity index (χ4n) is 2.07. The Hall–Kier alpha value is -0.650. The molecule has 5 heteroatoms. The molecule has 0 aliphatic rings. The van der Waals surface area contributed by atoms with Crippen LogP contribution in [0.3, 0.4) is 0 Å². The van der Waals surface area contributed by atoms with Gasteiger partial charge in [0, 0.05) is 0 Å². The van der Waals surface area contributed by atoms with Gasteiger partial charge in [-0.3, -0.25) is 10.1 Å². The molecule has 0 bridgehead atoms. The Morgan fingerprint density at radius 1 is 1.17 bits per heavy atom. The van der Waals surface area contributed by atoms with Crippen molar-refractivity contribution in [2.75, 3.05) is 26.4 Å². The Balaban J connectivity index is 3.76. The number of carboxylic acid groups (broad SMARTS) is 1. The minimum Gasteiger partial charge on any atom is -0.480 e. The molecule has 0 saturated heterocycles. The van der Waals surface area contributed by atoms with Gasteiger partial charge in [0.25, 0.3) is 0 Å². The van der Waals surface area contributed by atoms with Gasteiger partial charge in [0.1, 0.15) is 6.04 Å². The second-order valence-corrected chi connectivity index (χ2v) is 4.59. The molecule has 0 aliphatic carbocycles. The molecule has 0 radical (unpaired) electrons. The van der Waals surface area contributed by atoms with E-state index in [9.17, 15) is 4.79 Å². The Bertz CT molecular complexity index is 206. The number of hydrogen-bond donors (Lipinski definition) is 3. The Labute approximate surface area is 110 Å². The second-order valence-electron chi connectivity index (χ2n) is 4.59. The van der Waals surface area contributed by atoms with Crippen molar-refractivity contribution in [3.8, 4) is 0 Å². The predicted octanol–water partition coefficient (Wildman–Crippen LogP) is 1.27. The molecule has 0 aromatic rings. The molecule has 18 heavy (non-hydrogen) atoms. The van der Waals surface area contributed by atoms with Crippen molar-refractivity contribution in [3.63, 3.8) is 0 Å². The van der Waals surface area contributed by atoms with Crippen LogP contribution in [-0.4, -0.2) is 53.5 Å². The van der Waals surface area contributed by atoms with Gasteiger partial charge in [0.05, 0.1) is 6.73 Å². The van der Waals surface area contributed by atoms with Crippen molar-refractivity contribution >= 4 is 5.97 Å². The van der Waals surface area contributed by atoms with Crippen LogP contribution in [-0.2, 0) is 4.79 Å². The molecule has 0 fully saturated rings. The van der Waals surface area contributed by atoms with Crippen LogP contribution < -0.4 is 5.32 Å². The fourth-order valence-corrected chi connectivity index (χ4v) is 2.07. The first-order valence-corrected chi connectivity index (χ1v) is 6.95. The number of unbranched alkanes of at least 4 members (excludes halogenated alkanes) is 1. The first kappa shape index (κ1) is 17.4. The Morgan fingerprint density at radius 3 is 2.22 bits per heavy atom. The standard InChI is InChI=1S/C13H28N2O3/c1-3-8-15(9-4-2)10-6-5-7-12(13(17)18)14-11-16/h12,14,16H,3-11H2,1-2H3,(H,17,18)/t12-/m0/s1. The van der Waals surface area contributed by atoms with Crippen LogP contribution in [0.25, 0.3) is 0 Å². The molecule has 3 N–H and O–H groups in total. The zero-order valence-corrected chi connectivity index (χ0v) is 11.7. The van der Waals surface area contributed by atoms with Crippen LogP contribution in [0.2, 0.25) is 0 Å². The van der Waals surface area contributed by atoms with Gasteiger partial charge in [0.15, 0.2) is 0 Å². The minimum absolute atomic E-state index is 0.283. The summed E-state index contributed by atoms with van der Waals surface area (Å²) in [5.74, 6) is -0.886. The van der Waals surface area contributed by atoms with Gasteiger partial charge in [-0.25, -0.2) is 0 Å². The lowest BCUT2D eigenvalue weighted by Crippen LogP contribution is -2.37. The van der Waals surface area contributed by atoms with Crippen LogP contribution in [0.1, 0.15) is 46.0 Å². The van der Waals surface area contributed by atoms with Crippen LogP contribution in [0, 0.1) is 0 Å². The molecule has 1 atom stereocenters. The minimum atomic E-state index is -0.886. The van der Waals surface area contributed by atoms with Crippen LogP contribution in [0.15, 0.2) is 0 Å². The molecule has 0 aliphatic heterocycles. The molecular formula is C13H28N2O3. The Kier molecular flexibility index (Phi) is 11.0. The first-order valence-electron chi connectivity index (χ1n) is 6.95. The third-order valence-corrected chi connectivity index (χ3v) is 2.93. The van der Waals surface area contributed by atoms with Crippen molar-refractivity contribution in [3.05, 3.63) is 0 Å². The maximum Gasteiger partial charge on any atom is 0.320 e. The average Bonchev–Trinajstić information content (AvgIpc) is 2.33. The number of carbonyl (C=O) groups is 1. The predicted molar refractivity (Wildman–Crippen MR) is 72.5 cm³/mol. The highest BCUT2D eigenvalue weighted by Gasteiger charge is 2.15. The number of carboxylic acids is 1. The van der Waals surface area contributed by atoms with Crippen molar-refractivity contribution in [2.45, 2.75) is 52.0 Å². The number of hydrogen-bond acceptors (Lipinski definition) is 4. The summed E-state index contributed by atoms with van der Waals surface area (Å²) in [6.45, 7) is 7.33. The molecular weight excluding hydrogens is 232 g/mol. The van der Waals surface area contributed by atoms with E-state index in [1.807, 2.05) is 0 Å². The van der Waals surface area contributed by atoms with Gasteiger partial charge < -0.3 is 15.1 Å². The molecule has 108 valence electrons. The lowest BCUT2D eigenvalue weighted by atomic mass is 10.1. The molecule has 0 aromatic heterocycles. The highest BCUT2D eigenvalue weighted by atomic mass is 16.4. The first-order chi connectivity index (χ1) is 8.65. The summed E-state index contributed by atoms with van der Waals surface area (Å²) in [7, 11) is 0. The van der Waals surface area contributed by atoms with Gasteiger partial charge in [-0.1, -0.05) is 20.3 Å². The number of aliphatic carboxylic acids is 1. The van der Waals surface area contributed by atoms with Crippen LogP contribution in [0.5, 0.6) is 0 Å². The third-order valence-electron chi connectivity index (χ3n) is 2.93. The quantitative estimate of drug-likeness (QED) is 0.364. The normalized spacial score (nSPS) is 12.9. The number of nitrogens with one attached hydrogen (secondary N) is 1. The number of aliphatic hydroxyl groups excluding tert-OH is 1. The summed E-state index contributed by atoms with van der Waals surface area (Å²) in [4.78, 5) is 13.3. The molecule has 0 amide bonds. The summed E-state index contributed by atoms with van der Waals surface area (Å²) < 4.78 is 0. The topological polar surface area (TPSA) is 72.8 Å².